The molecule has 2 aromatic carbocycles. The molecule has 0 aliphatic rings. The lowest BCUT2D eigenvalue weighted by Crippen LogP contribution is -1.89. The topological polar surface area (TPSA) is 52.0 Å². The third-order valence-corrected chi connectivity index (χ3v) is 4.41. The predicted octanol–water partition coefficient (Wildman–Crippen LogP) is 5.32. The molecule has 3 rings (SSSR count). The number of halogens is 2. The van der Waals surface area contributed by atoms with Gasteiger partial charge in [0.15, 0.2) is 0 Å². The Bertz CT molecular complexity index is 814. The van der Waals surface area contributed by atoms with Gasteiger partial charge >= 0.3 is 0 Å². The number of benzene rings is 2. The molecule has 2 N–H and O–H groups in total. The summed E-state index contributed by atoms with van der Waals surface area (Å²) in [5.74, 6) is 0.286. The van der Waals surface area contributed by atoms with Crippen LogP contribution in [0.25, 0.3) is 22.4 Å². The van der Waals surface area contributed by atoms with Crippen LogP contribution in [0.4, 0.5) is 5.88 Å². The first-order valence-corrected chi connectivity index (χ1v) is 7.51. The second-order valence-corrected chi connectivity index (χ2v) is 5.98. The molecular formula is C16H12BrClN2O. The summed E-state index contributed by atoms with van der Waals surface area (Å²) in [6.07, 6.45) is 0. The molecule has 0 spiro atoms. The third kappa shape index (κ3) is 2.57. The van der Waals surface area contributed by atoms with Crippen molar-refractivity contribution in [3.63, 3.8) is 0 Å². The summed E-state index contributed by atoms with van der Waals surface area (Å²) >= 11 is 9.73. The van der Waals surface area contributed by atoms with Gasteiger partial charge in [-0.2, -0.15) is 0 Å². The van der Waals surface area contributed by atoms with Crippen LogP contribution in [0, 0.1) is 6.92 Å². The summed E-state index contributed by atoms with van der Waals surface area (Å²) < 4.78 is 6.12. The number of nitrogen functional groups attached to an aromatic ring is 1. The number of rotatable bonds is 2. The Morgan fingerprint density at radius 1 is 1.19 bits per heavy atom. The summed E-state index contributed by atoms with van der Waals surface area (Å²) in [6, 6.07) is 13.6. The van der Waals surface area contributed by atoms with Crippen LogP contribution in [-0.2, 0) is 0 Å². The third-order valence-electron chi connectivity index (χ3n) is 3.31. The summed E-state index contributed by atoms with van der Waals surface area (Å²) in [7, 11) is 0. The van der Waals surface area contributed by atoms with Crippen molar-refractivity contribution < 1.29 is 4.52 Å². The Morgan fingerprint density at radius 3 is 2.67 bits per heavy atom. The van der Waals surface area contributed by atoms with Crippen LogP contribution in [0.3, 0.4) is 0 Å². The number of aromatic nitrogens is 1. The molecule has 0 radical (unpaired) electrons. The van der Waals surface area contributed by atoms with Crippen molar-refractivity contribution in [2.45, 2.75) is 6.92 Å². The van der Waals surface area contributed by atoms with E-state index < -0.39 is 0 Å². The number of hydrogen-bond acceptors (Lipinski definition) is 3. The number of anilines is 1. The van der Waals surface area contributed by atoms with Gasteiger partial charge in [0, 0.05) is 20.6 Å². The van der Waals surface area contributed by atoms with E-state index in [-0.39, 0.29) is 5.88 Å². The molecule has 0 amide bonds. The van der Waals surface area contributed by atoms with Crippen molar-refractivity contribution in [1.82, 2.24) is 5.16 Å². The SMILES string of the molecule is Cc1ccc(-c2noc(N)c2-c2ccccc2Br)cc1Cl. The Morgan fingerprint density at radius 2 is 1.95 bits per heavy atom. The molecule has 0 atom stereocenters. The predicted molar refractivity (Wildman–Crippen MR) is 89.2 cm³/mol. The minimum Gasteiger partial charge on any atom is -0.367 e. The molecule has 0 aliphatic carbocycles. The Labute approximate surface area is 135 Å². The van der Waals surface area contributed by atoms with Crippen molar-refractivity contribution in [2.24, 2.45) is 0 Å². The molecular weight excluding hydrogens is 352 g/mol. The maximum Gasteiger partial charge on any atom is 0.230 e. The maximum absolute atomic E-state index is 6.20. The average molecular weight is 364 g/mol. The molecule has 1 aromatic heterocycles. The van der Waals surface area contributed by atoms with Gasteiger partial charge in [0.1, 0.15) is 5.69 Å². The number of nitrogens with zero attached hydrogens (tertiary/aromatic N) is 1. The number of aryl methyl sites for hydroxylation is 1. The Balaban J connectivity index is 2.22. The summed E-state index contributed by atoms with van der Waals surface area (Å²) in [5, 5.41) is 4.78. The molecule has 1 heterocycles. The summed E-state index contributed by atoms with van der Waals surface area (Å²) in [6.45, 7) is 1.96. The lowest BCUT2D eigenvalue weighted by molar-refractivity contribution is 0.439. The molecule has 3 nitrogen and oxygen atoms in total. The molecule has 0 aliphatic heterocycles. The van der Waals surface area contributed by atoms with Crippen LogP contribution < -0.4 is 5.73 Å². The molecule has 0 saturated carbocycles. The minimum atomic E-state index is 0.286. The van der Waals surface area contributed by atoms with Gasteiger partial charge in [-0.05, 0) is 24.6 Å². The van der Waals surface area contributed by atoms with Crippen LogP contribution in [-0.4, -0.2) is 5.16 Å². The van der Waals surface area contributed by atoms with Gasteiger partial charge in [0.25, 0.3) is 0 Å². The molecule has 0 saturated heterocycles. The molecule has 21 heavy (non-hydrogen) atoms. The van der Waals surface area contributed by atoms with E-state index in [4.69, 9.17) is 21.9 Å². The maximum atomic E-state index is 6.20. The monoisotopic (exact) mass is 362 g/mol. The van der Waals surface area contributed by atoms with Gasteiger partial charge < -0.3 is 10.3 Å². The minimum absolute atomic E-state index is 0.286. The van der Waals surface area contributed by atoms with Crippen LogP contribution in [0.5, 0.6) is 0 Å². The zero-order chi connectivity index (χ0) is 15.0. The molecule has 5 heteroatoms. The summed E-state index contributed by atoms with van der Waals surface area (Å²) in [5.41, 5.74) is 10.2. The van der Waals surface area contributed by atoms with E-state index in [1.165, 1.54) is 0 Å². The van der Waals surface area contributed by atoms with E-state index in [1.807, 2.05) is 49.4 Å². The van der Waals surface area contributed by atoms with Gasteiger partial charge in [-0.1, -0.05) is 63.0 Å². The number of nitrogens with two attached hydrogens (primary N) is 1. The quantitative estimate of drug-likeness (QED) is 0.671. The van der Waals surface area contributed by atoms with E-state index in [9.17, 15) is 0 Å². The second kappa shape index (κ2) is 5.54. The smallest absolute Gasteiger partial charge is 0.230 e. The van der Waals surface area contributed by atoms with Crippen molar-refractivity contribution in [3.8, 4) is 22.4 Å². The first-order valence-electron chi connectivity index (χ1n) is 6.34. The van der Waals surface area contributed by atoms with Gasteiger partial charge in [-0.25, -0.2) is 0 Å². The highest BCUT2D eigenvalue weighted by atomic mass is 79.9. The zero-order valence-electron chi connectivity index (χ0n) is 11.2. The molecule has 0 unspecified atom stereocenters. The van der Waals surface area contributed by atoms with Gasteiger partial charge in [0.2, 0.25) is 5.88 Å². The van der Waals surface area contributed by atoms with E-state index in [0.29, 0.717) is 10.7 Å². The van der Waals surface area contributed by atoms with Crippen molar-refractivity contribution >= 4 is 33.4 Å². The van der Waals surface area contributed by atoms with Crippen LogP contribution in [0.15, 0.2) is 51.5 Å². The van der Waals surface area contributed by atoms with E-state index in [0.717, 1.165) is 26.7 Å². The first-order chi connectivity index (χ1) is 10.1. The van der Waals surface area contributed by atoms with E-state index >= 15 is 0 Å². The second-order valence-electron chi connectivity index (χ2n) is 4.71. The van der Waals surface area contributed by atoms with Gasteiger partial charge in [-0.15, -0.1) is 0 Å². The fourth-order valence-electron chi connectivity index (χ4n) is 2.16. The molecule has 0 fully saturated rings. The van der Waals surface area contributed by atoms with Gasteiger partial charge in [0.05, 0.1) is 5.56 Å². The van der Waals surface area contributed by atoms with E-state index in [2.05, 4.69) is 21.1 Å². The highest BCUT2D eigenvalue weighted by Gasteiger charge is 2.19. The largest absolute Gasteiger partial charge is 0.367 e. The molecule has 3 aromatic rings. The average Bonchev–Trinajstić information content (AvgIpc) is 2.84. The lowest BCUT2D eigenvalue weighted by atomic mass is 10.0. The van der Waals surface area contributed by atoms with Crippen LogP contribution in [0.1, 0.15) is 5.56 Å². The van der Waals surface area contributed by atoms with E-state index in [1.54, 1.807) is 0 Å². The zero-order valence-corrected chi connectivity index (χ0v) is 13.6. The highest BCUT2D eigenvalue weighted by molar-refractivity contribution is 9.10. The van der Waals surface area contributed by atoms with Crippen molar-refractivity contribution in [3.05, 3.63) is 57.5 Å². The van der Waals surface area contributed by atoms with Gasteiger partial charge in [-0.3, -0.25) is 0 Å². The fourth-order valence-corrected chi connectivity index (χ4v) is 2.83. The fraction of sp³-hybridized carbons (Fsp3) is 0.0625. The standard InChI is InChI=1S/C16H12BrClN2O/c1-9-6-7-10(8-13(9)18)15-14(16(19)21-20-15)11-4-2-3-5-12(11)17/h2-8H,19H2,1H3. The van der Waals surface area contributed by atoms with Crippen molar-refractivity contribution in [1.29, 1.82) is 0 Å². The Hall–Kier alpha value is -1.78. The normalized spacial score (nSPS) is 10.8. The molecule has 106 valence electrons. The lowest BCUT2D eigenvalue weighted by Gasteiger charge is -2.06. The number of hydrogen-bond donors (Lipinski definition) is 1. The first kappa shape index (κ1) is 14.2. The van der Waals surface area contributed by atoms with Crippen LogP contribution in [0.2, 0.25) is 5.02 Å². The van der Waals surface area contributed by atoms with Crippen molar-refractivity contribution in [2.75, 3.05) is 5.73 Å². The Kier molecular flexibility index (Phi) is 3.74. The van der Waals surface area contributed by atoms with Crippen LogP contribution >= 0.6 is 27.5 Å². The highest BCUT2D eigenvalue weighted by Crippen LogP contribution is 2.40. The molecule has 0 bridgehead atoms. The summed E-state index contributed by atoms with van der Waals surface area (Å²) in [4.78, 5) is 0.